The molecule has 0 saturated heterocycles. The number of aromatic nitrogens is 2. The van der Waals surface area contributed by atoms with Crippen molar-refractivity contribution in [3.8, 4) is 11.3 Å². The smallest absolute Gasteiger partial charge is 0.187 e. The van der Waals surface area contributed by atoms with Crippen LogP contribution in [0.25, 0.3) is 11.3 Å². The summed E-state index contributed by atoms with van der Waals surface area (Å²) in [5, 5.41) is 6.15. The first-order chi connectivity index (χ1) is 10.3. The van der Waals surface area contributed by atoms with Gasteiger partial charge in [-0.15, -0.1) is 11.3 Å². The Bertz CT molecular complexity index is 598. The van der Waals surface area contributed by atoms with Crippen molar-refractivity contribution in [3.05, 3.63) is 66.5 Å². The second-order valence-electron chi connectivity index (χ2n) is 3.76. The Labute approximate surface area is 130 Å². The molecule has 4 heteroatoms. The van der Waals surface area contributed by atoms with E-state index in [0.29, 0.717) is 0 Å². The molecule has 0 spiro atoms. The standard InChI is InChI=1S/C15H15N3S.C2H6/c1-3-5-13(6-4-2)17-15-18-14(11-19-15)12-7-9-16-10-8-12;1-2/h3-11H,1H2,2H3,(H,17,18);1-2H3/b6-4-,13-5+;. The highest BCUT2D eigenvalue weighted by Gasteiger charge is 2.04. The summed E-state index contributed by atoms with van der Waals surface area (Å²) in [6.07, 6.45) is 11.2. The first-order valence-electron chi connectivity index (χ1n) is 6.92. The van der Waals surface area contributed by atoms with Crippen LogP contribution in [-0.4, -0.2) is 9.97 Å². The van der Waals surface area contributed by atoms with Crippen molar-refractivity contribution in [1.82, 2.24) is 9.97 Å². The van der Waals surface area contributed by atoms with Gasteiger partial charge in [-0.1, -0.05) is 32.6 Å². The summed E-state index contributed by atoms with van der Waals surface area (Å²) in [7, 11) is 0. The molecular weight excluding hydrogens is 278 g/mol. The van der Waals surface area contributed by atoms with E-state index in [0.717, 1.165) is 22.1 Å². The van der Waals surface area contributed by atoms with Gasteiger partial charge in [-0.2, -0.15) is 0 Å². The van der Waals surface area contributed by atoms with Crippen molar-refractivity contribution in [2.45, 2.75) is 20.8 Å². The van der Waals surface area contributed by atoms with E-state index < -0.39 is 0 Å². The zero-order valence-electron chi connectivity index (χ0n) is 12.7. The van der Waals surface area contributed by atoms with Crippen LogP contribution >= 0.6 is 11.3 Å². The molecule has 0 aromatic carbocycles. The maximum atomic E-state index is 4.56. The highest BCUT2D eigenvalue weighted by atomic mass is 32.1. The van der Waals surface area contributed by atoms with Crippen LogP contribution in [0.3, 0.4) is 0 Å². The molecule has 0 amide bonds. The molecular formula is C17H21N3S. The number of hydrogen-bond donors (Lipinski definition) is 1. The van der Waals surface area contributed by atoms with Crippen molar-refractivity contribution in [2.24, 2.45) is 0 Å². The van der Waals surface area contributed by atoms with E-state index in [1.807, 2.05) is 56.5 Å². The van der Waals surface area contributed by atoms with Gasteiger partial charge in [0.15, 0.2) is 5.13 Å². The molecule has 21 heavy (non-hydrogen) atoms. The predicted octanol–water partition coefficient (Wildman–Crippen LogP) is 5.29. The lowest BCUT2D eigenvalue weighted by Gasteiger charge is -2.02. The quantitative estimate of drug-likeness (QED) is 0.762. The Morgan fingerprint density at radius 1 is 1.29 bits per heavy atom. The van der Waals surface area contributed by atoms with Crippen molar-refractivity contribution in [3.63, 3.8) is 0 Å². The molecule has 0 radical (unpaired) electrons. The maximum Gasteiger partial charge on any atom is 0.187 e. The Morgan fingerprint density at radius 2 is 2.00 bits per heavy atom. The lowest BCUT2D eigenvalue weighted by molar-refractivity contribution is 1.30. The van der Waals surface area contributed by atoms with Crippen LogP contribution in [0.5, 0.6) is 0 Å². The van der Waals surface area contributed by atoms with Crippen molar-refractivity contribution < 1.29 is 0 Å². The number of nitrogens with zero attached hydrogens (tertiary/aromatic N) is 2. The number of nitrogens with one attached hydrogen (secondary N) is 1. The SMILES string of the molecule is C=C/C=C(\C=C/C)Nc1nc(-c2ccncc2)cs1.CC. The minimum Gasteiger partial charge on any atom is -0.332 e. The Hall–Kier alpha value is -2.20. The molecule has 1 N–H and O–H groups in total. The van der Waals surface area contributed by atoms with E-state index in [4.69, 9.17) is 0 Å². The lowest BCUT2D eigenvalue weighted by Crippen LogP contribution is -1.95. The number of pyridine rings is 1. The number of rotatable bonds is 5. The minimum absolute atomic E-state index is 0.859. The van der Waals surface area contributed by atoms with Gasteiger partial charge in [-0.05, 0) is 31.2 Å². The predicted molar refractivity (Wildman–Crippen MR) is 93.4 cm³/mol. The van der Waals surface area contributed by atoms with Gasteiger partial charge in [0, 0.05) is 29.0 Å². The van der Waals surface area contributed by atoms with E-state index >= 15 is 0 Å². The van der Waals surface area contributed by atoms with Gasteiger partial charge >= 0.3 is 0 Å². The molecule has 0 saturated carbocycles. The van der Waals surface area contributed by atoms with Gasteiger partial charge in [0.1, 0.15) is 0 Å². The molecule has 3 nitrogen and oxygen atoms in total. The summed E-state index contributed by atoms with van der Waals surface area (Å²) >= 11 is 1.57. The largest absolute Gasteiger partial charge is 0.332 e. The number of anilines is 1. The van der Waals surface area contributed by atoms with Crippen LogP contribution in [0.15, 0.2) is 66.5 Å². The summed E-state index contributed by atoms with van der Waals surface area (Å²) in [6.45, 7) is 9.68. The first kappa shape index (κ1) is 16.9. The van der Waals surface area contributed by atoms with Gasteiger partial charge in [0.05, 0.1) is 5.69 Å². The zero-order chi connectivity index (χ0) is 15.5. The van der Waals surface area contributed by atoms with Crippen LogP contribution in [0.1, 0.15) is 20.8 Å². The molecule has 2 aromatic heterocycles. The van der Waals surface area contributed by atoms with Crippen molar-refractivity contribution in [1.29, 1.82) is 0 Å². The Balaban J connectivity index is 0.00000106. The molecule has 0 aliphatic carbocycles. The van der Waals surface area contributed by atoms with Gasteiger partial charge in [0.25, 0.3) is 0 Å². The minimum atomic E-state index is 0.859. The molecule has 2 rings (SSSR count). The third-order valence-electron chi connectivity index (χ3n) is 2.38. The number of allylic oxidation sites excluding steroid dienone is 4. The fourth-order valence-electron chi connectivity index (χ4n) is 1.56. The third kappa shape index (κ3) is 5.36. The lowest BCUT2D eigenvalue weighted by atomic mass is 10.2. The van der Waals surface area contributed by atoms with Gasteiger partial charge in [0.2, 0.25) is 0 Å². The molecule has 0 aliphatic heterocycles. The molecule has 110 valence electrons. The molecule has 0 fully saturated rings. The van der Waals surface area contributed by atoms with Gasteiger partial charge < -0.3 is 5.32 Å². The number of hydrogen-bond acceptors (Lipinski definition) is 4. The topological polar surface area (TPSA) is 37.8 Å². The Morgan fingerprint density at radius 3 is 2.62 bits per heavy atom. The zero-order valence-corrected chi connectivity index (χ0v) is 13.5. The molecule has 2 aromatic rings. The fraction of sp³-hybridized carbons (Fsp3) is 0.176. The summed E-state index contributed by atoms with van der Waals surface area (Å²) in [5.74, 6) is 0. The van der Waals surface area contributed by atoms with E-state index in [2.05, 4.69) is 21.9 Å². The van der Waals surface area contributed by atoms with E-state index in [1.165, 1.54) is 0 Å². The fourth-order valence-corrected chi connectivity index (χ4v) is 2.30. The molecule has 0 atom stereocenters. The molecule has 0 bridgehead atoms. The first-order valence-corrected chi connectivity index (χ1v) is 7.80. The Kier molecular flexibility index (Phi) is 7.76. The van der Waals surface area contributed by atoms with Crippen LogP contribution in [0.2, 0.25) is 0 Å². The normalized spacial score (nSPS) is 10.9. The number of thiazole rings is 1. The molecule has 2 heterocycles. The summed E-state index contributed by atoms with van der Waals surface area (Å²) in [6, 6.07) is 3.90. The summed E-state index contributed by atoms with van der Waals surface area (Å²) in [5.41, 5.74) is 2.99. The van der Waals surface area contributed by atoms with Gasteiger partial charge in [-0.25, -0.2) is 4.98 Å². The summed E-state index contributed by atoms with van der Waals surface area (Å²) in [4.78, 5) is 8.56. The van der Waals surface area contributed by atoms with Crippen molar-refractivity contribution in [2.75, 3.05) is 5.32 Å². The monoisotopic (exact) mass is 299 g/mol. The molecule has 0 aliphatic rings. The van der Waals surface area contributed by atoms with Crippen LogP contribution in [0.4, 0.5) is 5.13 Å². The second-order valence-corrected chi connectivity index (χ2v) is 4.61. The van der Waals surface area contributed by atoms with Crippen LogP contribution in [0, 0.1) is 0 Å². The highest BCUT2D eigenvalue weighted by Crippen LogP contribution is 2.25. The van der Waals surface area contributed by atoms with Gasteiger partial charge in [-0.3, -0.25) is 4.98 Å². The second kappa shape index (κ2) is 9.66. The average molecular weight is 299 g/mol. The van der Waals surface area contributed by atoms with E-state index in [-0.39, 0.29) is 0 Å². The third-order valence-corrected chi connectivity index (χ3v) is 3.13. The van der Waals surface area contributed by atoms with Crippen molar-refractivity contribution >= 4 is 16.5 Å². The van der Waals surface area contributed by atoms with E-state index in [1.54, 1.807) is 29.8 Å². The average Bonchev–Trinajstić information content (AvgIpc) is 2.99. The summed E-state index contributed by atoms with van der Waals surface area (Å²) < 4.78 is 0. The van der Waals surface area contributed by atoms with Crippen LogP contribution < -0.4 is 5.32 Å². The highest BCUT2D eigenvalue weighted by molar-refractivity contribution is 7.14. The molecule has 0 unspecified atom stereocenters. The maximum absolute atomic E-state index is 4.56. The van der Waals surface area contributed by atoms with E-state index in [9.17, 15) is 0 Å². The van der Waals surface area contributed by atoms with Crippen LogP contribution in [-0.2, 0) is 0 Å².